The summed E-state index contributed by atoms with van der Waals surface area (Å²) in [6, 6.07) is 19.4. The van der Waals surface area contributed by atoms with Crippen molar-refractivity contribution in [2.24, 2.45) is 10.4 Å². The van der Waals surface area contributed by atoms with E-state index in [4.69, 9.17) is 9.73 Å². The van der Waals surface area contributed by atoms with Crippen LogP contribution in [0.3, 0.4) is 0 Å². The maximum Gasteiger partial charge on any atom is 0.0631 e. The number of hydrogen-bond acceptors (Lipinski definition) is 3. The molecule has 1 saturated heterocycles. The highest BCUT2D eigenvalue weighted by Crippen LogP contribution is 2.44. The van der Waals surface area contributed by atoms with E-state index in [1.165, 1.54) is 11.3 Å². The second-order valence-corrected chi connectivity index (χ2v) is 8.97. The zero-order valence-corrected chi connectivity index (χ0v) is 17.8. The molecular weight excluding hydrogens is 344 g/mol. The topological polar surface area (TPSA) is 24.8 Å². The van der Waals surface area contributed by atoms with Crippen LogP contribution in [0.1, 0.15) is 44.2 Å². The number of benzene rings is 2. The standard InChI is InChI=1S/C25H34N2O/c1-24(2)20-25(15-17-28-24,18-21-8-6-5-7-9-21)14-16-26-19-22-10-12-23(13-11-22)27(3)4/h5-13,19H,14-18,20H2,1-4H3/t25-/m0/s1. The Hall–Kier alpha value is -2.13. The SMILES string of the molecule is CN(C)c1ccc(C=NCC[C@@]2(Cc3ccccc3)CCOC(C)(C)C2)cc1. The van der Waals surface area contributed by atoms with Crippen LogP contribution in [0.2, 0.25) is 0 Å². The molecule has 3 nitrogen and oxygen atoms in total. The second kappa shape index (κ2) is 8.91. The van der Waals surface area contributed by atoms with Crippen molar-refractivity contribution >= 4 is 11.9 Å². The van der Waals surface area contributed by atoms with Gasteiger partial charge in [-0.2, -0.15) is 0 Å². The fraction of sp³-hybridized carbons (Fsp3) is 0.480. The molecule has 1 atom stereocenters. The third kappa shape index (κ3) is 5.68. The molecule has 1 aliphatic heterocycles. The second-order valence-electron chi connectivity index (χ2n) is 8.97. The maximum absolute atomic E-state index is 6.02. The summed E-state index contributed by atoms with van der Waals surface area (Å²) in [5.41, 5.74) is 4.00. The first-order chi connectivity index (χ1) is 13.4. The fourth-order valence-electron chi connectivity index (χ4n) is 4.40. The lowest BCUT2D eigenvalue weighted by atomic mass is 9.68. The Kier molecular flexibility index (Phi) is 6.56. The van der Waals surface area contributed by atoms with Gasteiger partial charge in [-0.25, -0.2) is 0 Å². The summed E-state index contributed by atoms with van der Waals surface area (Å²) in [6.45, 7) is 6.15. The largest absolute Gasteiger partial charge is 0.378 e. The minimum atomic E-state index is -0.0568. The van der Waals surface area contributed by atoms with E-state index in [0.717, 1.165) is 44.4 Å². The summed E-state index contributed by atoms with van der Waals surface area (Å²) in [7, 11) is 4.12. The van der Waals surface area contributed by atoms with Crippen LogP contribution < -0.4 is 4.90 Å². The molecule has 1 aliphatic rings. The van der Waals surface area contributed by atoms with E-state index < -0.39 is 0 Å². The van der Waals surface area contributed by atoms with E-state index in [2.05, 4.69) is 87.4 Å². The van der Waals surface area contributed by atoms with E-state index in [1.807, 2.05) is 6.21 Å². The molecule has 3 heteroatoms. The van der Waals surface area contributed by atoms with Gasteiger partial charge in [0.15, 0.2) is 0 Å². The summed E-state index contributed by atoms with van der Waals surface area (Å²) in [6.07, 6.45) is 6.41. The zero-order chi connectivity index (χ0) is 20.0. The first-order valence-electron chi connectivity index (χ1n) is 10.3. The van der Waals surface area contributed by atoms with Gasteiger partial charge in [-0.05, 0) is 68.2 Å². The first kappa shape index (κ1) is 20.6. The molecule has 0 aromatic heterocycles. The molecule has 2 aromatic rings. The van der Waals surface area contributed by atoms with Crippen LogP contribution in [0.5, 0.6) is 0 Å². The van der Waals surface area contributed by atoms with Gasteiger partial charge < -0.3 is 9.64 Å². The predicted octanol–water partition coefficient (Wildman–Crippen LogP) is 5.38. The molecule has 0 N–H and O–H groups in total. The number of aliphatic imine (C=N–C) groups is 1. The molecule has 150 valence electrons. The minimum absolute atomic E-state index is 0.0568. The van der Waals surface area contributed by atoms with Crippen molar-refractivity contribution < 1.29 is 4.74 Å². The molecule has 1 heterocycles. The Bertz CT molecular complexity index is 765. The van der Waals surface area contributed by atoms with E-state index in [0.29, 0.717) is 0 Å². The molecule has 1 fully saturated rings. The van der Waals surface area contributed by atoms with E-state index in [-0.39, 0.29) is 11.0 Å². The third-order valence-corrected chi connectivity index (χ3v) is 5.77. The van der Waals surface area contributed by atoms with Crippen LogP contribution in [0, 0.1) is 5.41 Å². The molecule has 0 saturated carbocycles. The smallest absolute Gasteiger partial charge is 0.0631 e. The van der Waals surface area contributed by atoms with Gasteiger partial charge in [0, 0.05) is 39.1 Å². The van der Waals surface area contributed by atoms with Gasteiger partial charge in [-0.3, -0.25) is 4.99 Å². The monoisotopic (exact) mass is 378 g/mol. The highest BCUT2D eigenvalue weighted by Gasteiger charge is 2.40. The van der Waals surface area contributed by atoms with Crippen molar-refractivity contribution in [3.8, 4) is 0 Å². The summed E-state index contributed by atoms with van der Waals surface area (Å²) < 4.78 is 6.02. The Balaban J connectivity index is 1.66. The molecular formula is C25H34N2O. The van der Waals surface area contributed by atoms with Gasteiger partial charge in [-0.1, -0.05) is 42.5 Å². The van der Waals surface area contributed by atoms with Crippen molar-refractivity contribution in [1.82, 2.24) is 0 Å². The van der Waals surface area contributed by atoms with Crippen LogP contribution >= 0.6 is 0 Å². The minimum Gasteiger partial charge on any atom is -0.378 e. The molecule has 0 amide bonds. The molecule has 2 aromatic carbocycles. The van der Waals surface area contributed by atoms with E-state index in [1.54, 1.807) is 0 Å². The van der Waals surface area contributed by atoms with Gasteiger partial charge in [0.1, 0.15) is 0 Å². The summed E-state index contributed by atoms with van der Waals surface area (Å²) in [5, 5.41) is 0. The lowest BCUT2D eigenvalue weighted by Gasteiger charge is -2.45. The van der Waals surface area contributed by atoms with Crippen LogP contribution in [0.15, 0.2) is 59.6 Å². The Morgan fingerprint density at radius 1 is 1.04 bits per heavy atom. The Morgan fingerprint density at radius 2 is 1.75 bits per heavy atom. The summed E-state index contributed by atoms with van der Waals surface area (Å²) in [4.78, 5) is 6.88. The number of anilines is 1. The average molecular weight is 379 g/mol. The van der Waals surface area contributed by atoms with E-state index >= 15 is 0 Å². The maximum atomic E-state index is 6.02. The van der Waals surface area contributed by atoms with Crippen molar-refractivity contribution in [3.63, 3.8) is 0 Å². The zero-order valence-electron chi connectivity index (χ0n) is 17.8. The molecule has 0 spiro atoms. The third-order valence-electron chi connectivity index (χ3n) is 5.77. The quantitative estimate of drug-likeness (QED) is 0.604. The Labute approximate surface area is 170 Å². The fourth-order valence-corrected chi connectivity index (χ4v) is 4.40. The number of nitrogens with zero attached hydrogens (tertiary/aromatic N) is 2. The first-order valence-corrected chi connectivity index (χ1v) is 10.3. The van der Waals surface area contributed by atoms with Gasteiger partial charge >= 0.3 is 0 Å². The van der Waals surface area contributed by atoms with Gasteiger partial charge in [0.05, 0.1) is 5.60 Å². The highest BCUT2D eigenvalue weighted by molar-refractivity contribution is 5.80. The molecule has 3 rings (SSSR count). The number of ether oxygens (including phenoxy) is 1. The number of hydrogen-bond donors (Lipinski definition) is 0. The molecule has 0 bridgehead atoms. The van der Waals surface area contributed by atoms with Gasteiger partial charge in [0.2, 0.25) is 0 Å². The van der Waals surface area contributed by atoms with E-state index in [9.17, 15) is 0 Å². The summed E-state index contributed by atoms with van der Waals surface area (Å²) in [5.74, 6) is 0. The lowest BCUT2D eigenvalue weighted by Crippen LogP contribution is -2.43. The average Bonchev–Trinajstić information content (AvgIpc) is 2.66. The van der Waals surface area contributed by atoms with Crippen molar-refractivity contribution in [3.05, 3.63) is 65.7 Å². The van der Waals surface area contributed by atoms with Gasteiger partial charge in [-0.15, -0.1) is 0 Å². The van der Waals surface area contributed by atoms with Gasteiger partial charge in [0.25, 0.3) is 0 Å². The molecule has 0 radical (unpaired) electrons. The number of rotatable bonds is 7. The van der Waals surface area contributed by atoms with Crippen LogP contribution in [0.25, 0.3) is 0 Å². The van der Waals surface area contributed by atoms with Crippen molar-refractivity contribution in [2.75, 3.05) is 32.1 Å². The van der Waals surface area contributed by atoms with Crippen LogP contribution in [-0.4, -0.2) is 39.1 Å². The lowest BCUT2D eigenvalue weighted by molar-refractivity contribution is -0.106. The molecule has 0 aliphatic carbocycles. The van der Waals surface area contributed by atoms with Crippen molar-refractivity contribution in [2.45, 2.75) is 45.1 Å². The highest BCUT2D eigenvalue weighted by atomic mass is 16.5. The molecule has 0 unspecified atom stereocenters. The van der Waals surface area contributed by atoms with Crippen molar-refractivity contribution in [1.29, 1.82) is 0 Å². The van der Waals surface area contributed by atoms with Crippen LogP contribution in [-0.2, 0) is 11.2 Å². The summed E-state index contributed by atoms with van der Waals surface area (Å²) >= 11 is 0. The predicted molar refractivity (Wildman–Crippen MR) is 120 cm³/mol. The Morgan fingerprint density at radius 3 is 2.39 bits per heavy atom. The normalized spacial score (nSPS) is 21.7. The van der Waals surface area contributed by atoms with Crippen LogP contribution in [0.4, 0.5) is 5.69 Å². The molecule has 28 heavy (non-hydrogen) atoms.